The van der Waals surface area contributed by atoms with Gasteiger partial charge in [0.05, 0.1) is 24.4 Å². The number of hydrogen-bond acceptors (Lipinski definition) is 8. The first-order chi connectivity index (χ1) is 20.0. The molecule has 1 aromatic carbocycles. The van der Waals surface area contributed by atoms with E-state index in [1.807, 2.05) is 0 Å². The summed E-state index contributed by atoms with van der Waals surface area (Å²) in [5.74, 6) is -1.18. The Hall–Kier alpha value is -2.23. The van der Waals surface area contributed by atoms with Crippen LogP contribution in [-0.4, -0.2) is 71.5 Å². The third-order valence-electron chi connectivity index (χ3n) is 7.81. The summed E-state index contributed by atoms with van der Waals surface area (Å²) in [5.41, 5.74) is -0.535. The second-order valence-electron chi connectivity index (χ2n) is 10.8. The SMILES string of the molecule is Cn1ccnc1S(=O)(=O)N1CCC[C@H]1C(=O)O[C@@H](CC1C(Cl)C[NH+]([O-])C1Cl)c1ccc(OC(F)F)c(OCC2CC2)c1. The number of imidazole rings is 1. The van der Waals surface area contributed by atoms with Crippen LogP contribution in [-0.2, 0) is 26.6 Å². The maximum absolute atomic E-state index is 13.6. The lowest BCUT2D eigenvalue weighted by molar-refractivity contribution is -0.848. The van der Waals surface area contributed by atoms with Crippen LogP contribution in [0.4, 0.5) is 8.78 Å². The van der Waals surface area contributed by atoms with Crippen LogP contribution in [0.2, 0.25) is 0 Å². The first-order valence-corrected chi connectivity index (χ1v) is 16.0. The van der Waals surface area contributed by atoms with Gasteiger partial charge in [0.2, 0.25) is 5.16 Å². The van der Waals surface area contributed by atoms with Crippen LogP contribution in [0, 0.1) is 17.0 Å². The molecule has 1 aromatic heterocycles. The lowest BCUT2D eigenvalue weighted by atomic mass is 9.95. The van der Waals surface area contributed by atoms with Crippen LogP contribution in [0.25, 0.3) is 0 Å². The number of benzene rings is 1. The third kappa shape index (κ3) is 6.78. The van der Waals surface area contributed by atoms with E-state index in [9.17, 15) is 27.2 Å². The molecule has 42 heavy (non-hydrogen) atoms. The molecule has 2 aliphatic heterocycles. The second kappa shape index (κ2) is 12.8. The van der Waals surface area contributed by atoms with Crippen LogP contribution in [0.15, 0.2) is 35.7 Å². The Kier molecular flexibility index (Phi) is 9.50. The van der Waals surface area contributed by atoms with Crippen molar-refractivity contribution in [1.82, 2.24) is 13.9 Å². The van der Waals surface area contributed by atoms with Crippen molar-refractivity contribution in [2.45, 2.75) is 66.9 Å². The Morgan fingerprint density at radius 3 is 2.62 bits per heavy atom. The summed E-state index contributed by atoms with van der Waals surface area (Å²) in [4.78, 5) is 17.6. The van der Waals surface area contributed by atoms with Gasteiger partial charge in [-0.05, 0) is 49.3 Å². The van der Waals surface area contributed by atoms with E-state index in [4.69, 9.17) is 32.7 Å². The van der Waals surface area contributed by atoms with Gasteiger partial charge in [0.25, 0.3) is 10.0 Å². The molecule has 0 spiro atoms. The summed E-state index contributed by atoms with van der Waals surface area (Å²) in [7, 11) is -2.57. The van der Waals surface area contributed by atoms with E-state index in [-0.39, 0.29) is 47.6 Å². The predicted octanol–water partition coefficient (Wildman–Crippen LogP) is 2.82. The van der Waals surface area contributed by atoms with E-state index >= 15 is 0 Å². The summed E-state index contributed by atoms with van der Waals surface area (Å²) in [6.07, 6.45) is 4.42. The van der Waals surface area contributed by atoms with E-state index < -0.39 is 51.5 Å². The quantitative estimate of drug-likeness (QED) is 0.161. The molecule has 6 atom stereocenters. The van der Waals surface area contributed by atoms with E-state index in [0.717, 1.165) is 17.1 Å². The Labute approximate surface area is 252 Å². The molecule has 2 aromatic rings. The topological polar surface area (TPSA) is 127 Å². The van der Waals surface area contributed by atoms with Gasteiger partial charge >= 0.3 is 12.6 Å². The van der Waals surface area contributed by atoms with Gasteiger partial charge in [-0.3, -0.25) is 4.79 Å². The Balaban J connectivity index is 1.43. The number of nitrogens with zero attached hydrogens (tertiary/aromatic N) is 3. The number of hydroxylamine groups is 2. The monoisotopic (exact) mass is 652 g/mol. The van der Waals surface area contributed by atoms with Crippen molar-refractivity contribution in [3.05, 3.63) is 41.4 Å². The molecule has 3 fully saturated rings. The minimum absolute atomic E-state index is 0.0375. The molecule has 3 aliphatic rings. The fourth-order valence-corrected chi connectivity index (χ4v) is 7.92. The zero-order valence-corrected chi connectivity index (χ0v) is 25.0. The molecule has 2 saturated heterocycles. The molecule has 1 saturated carbocycles. The van der Waals surface area contributed by atoms with Gasteiger partial charge < -0.3 is 29.0 Å². The molecule has 4 unspecified atom stereocenters. The molecule has 0 amide bonds. The average molecular weight is 654 g/mol. The van der Waals surface area contributed by atoms with Gasteiger partial charge in [-0.25, -0.2) is 13.4 Å². The minimum atomic E-state index is -4.11. The summed E-state index contributed by atoms with van der Waals surface area (Å²) in [6, 6.07) is 3.09. The van der Waals surface area contributed by atoms with Crippen molar-refractivity contribution in [2.75, 3.05) is 19.7 Å². The fourth-order valence-electron chi connectivity index (χ4n) is 5.36. The Morgan fingerprint density at radius 2 is 2.00 bits per heavy atom. The Morgan fingerprint density at radius 1 is 1.24 bits per heavy atom. The van der Waals surface area contributed by atoms with Crippen molar-refractivity contribution in [3.8, 4) is 11.5 Å². The van der Waals surface area contributed by atoms with Crippen LogP contribution < -0.4 is 14.5 Å². The number of aromatic nitrogens is 2. The number of carbonyl (C=O) groups is 1. The molecule has 1 N–H and O–H groups in total. The average Bonchev–Trinajstić information content (AvgIpc) is 3.31. The third-order valence-corrected chi connectivity index (χ3v) is 10.8. The molecule has 0 bridgehead atoms. The molecular formula is C26H32Cl2F2N4O7S. The number of hydrogen-bond donors (Lipinski definition) is 1. The fraction of sp³-hybridized carbons (Fsp3) is 0.615. The smallest absolute Gasteiger partial charge is 0.387 e. The van der Waals surface area contributed by atoms with E-state index in [2.05, 4.69) is 9.72 Å². The molecule has 0 radical (unpaired) electrons. The van der Waals surface area contributed by atoms with Crippen molar-refractivity contribution in [1.29, 1.82) is 0 Å². The number of nitrogens with one attached hydrogen (secondary N) is 1. The lowest BCUT2D eigenvalue weighted by Gasteiger charge is -2.28. The van der Waals surface area contributed by atoms with Crippen LogP contribution in [0.5, 0.6) is 11.5 Å². The number of sulfonamides is 1. The van der Waals surface area contributed by atoms with Crippen molar-refractivity contribution >= 4 is 39.2 Å². The van der Waals surface area contributed by atoms with E-state index in [1.54, 1.807) is 0 Å². The second-order valence-corrected chi connectivity index (χ2v) is 13.7. The number of halogens is 4. The first kappa shape index (κ1) is 31.2. The lowest BCUT2D eigenvalue weighted by Crippen LogP contribution is -3.08. The molecule has 3 heterocycles. The number of aryl methyl sites for hydroxylation is 1. The summed E-state index contributed by atoms with van der Waals surface area (Å²) in [6.45, 7) is -2.63. The molecule has 16 heteroatoms. The van der Waals surface area contributed by atoms with Crippen LogP contribution in [0.1, 0.15) is 43.8 Å². The molecule has 5 rings (SSSR count). The van der Waals surface area contributed by atoms with Crippen LogP contribution in [0.3, 0.4) is 0 Å². The zero-order chi connectivity index (χ0) is 30.2. The van der Waals surface area contributed by atoms with Gasteiger partial charge in [-0.2, -0.15) is 13.1 Å². The highest BCUT2D eigenvalue weighted by molar-refractivity contribution is 7.89. The normalized spacial score (nSPS) is 27.4. The largest absolute Gasteiger partial charge is 0.633 e. The molecule has 232 valence electrons. The van der Waals surface area contributed by atoms with Crippen molar-refractivity contribution < 1.29 is 41.3 Å². The van der Waals surface area contributed by atoms with Gasteiger partial charge in [0.15, 0.2) is 17.0 Å². The van der Waals surface area contributed by atoms with Gasteiger partial charge in [-0.1, -0.05) is 17.7 Å². The molecule has 11 nitrogen and oxygen atoms in total. The highest BCUT2D eigenvalue weighted by Crippen LogP contribution is 2.39. The maximum Gasteiger partial charge on any atom is 0.387 e. The van der Waals surface area contributed by atoms with Crippen molar-refractivity contribution in [3.63, 3.8) is 0 Å². The Bertz CT molecular complexity index is 1380. The number of ether oxygens (including phenoxy) is 3. The van der Waals surface area contributed by atoms with Crippen LogP contribution >= 0.6 is 23.2 Å². The molecular weight excluding hydrogens is 621 g/mol. The number of carbonyl (C=O) groups excluding carboxylic acids is 1. The first-order valence-electron chi connectivity index (χ1n) is 13.7. The maximum atomic E-state index is 13.6. The van der Waals surface area contributed by atoms with Gasteiger partial charge in [0.1, 0.15) is 12.1 Å². The van der Waals surface area contributed by atoms with Gasteiger partial charge in [-0.15, -0.1) is 11.6 Å². The van der Waals surface area contributed by atoms with E-state index in [0.29, 0.717) is 24.5 Å². The predicted molar refractivity (Wildman–Crippen MR) is 147 cm³/mol. The number of rotatable bonds is 12. The number of alkyl halides is 4. The molecule has 1 aliphatic carbocycles. The number of esters is 1. The van der Waals surface area contributed by atoms with Gasteiger partial charge in [0, 0.05) is 32.4 Å². The summed E-state index contributed by atoms with van der Waals surface area (Å²) >= 11 is 12.8. The zero-order valence-electron chi connectivity index (χ0n) is 22.7. The van der Waals surface area contributed by atoms with Crippen molar-refractivity contribution in [2.24, 2.45) is 18.9 Å². The number of quaternary nitrogens is 1. The summed E-state index contributed by atoms with van der Waals surface area (Å²) < 4.78 is 71.7. The minimum Gasteiger partial charge on any atom is -0.633 e. The standard InChI is InChI=1S/C26H32Cl2F2N4O7S/c1-32-10-8-31-26(32)42(37,38)34-9-2-3-19(34)24(35)40-21(12-17-18(27)13-33(36)23(17)28)16-6-7-20(41-25(29)30)22(11-16)39-14-15-4-5-15/h6-8,10-11,15,17-19,21,23,25,33H,2-5,9,12-14H2,1H3/t17?,18?,19-,21-,23?/m0/s1. The summed E-state index contributed by atoms with van der Waals surface area (Å²) in [5, 5.41) is 11.2. The van der Waals surface area contributed by atoms with E-state index in [1.165, 1.54) is 42.2 Å². The highest BCUT2D eigenvalue weighted by Gasteiger charge is 2.45. The highest BCUT2D eigenvalue weighted by atomic mass is 35.5.